The Balaban J connectivity index is 1.65. The van der Waals surface area contributed by atoms with Crippen LogP contribution in [0.15, 0.2) is 46.9 Å². The molecule has 2 N–H and O–H groups in total. The quantitative estimate of drug-likeness (QED) is 0.691. The SMILES string of the molecule is Nc1cccc(C(=O)OCC2Cc3ccccc32)c1Br. The summed E-state index contributed by atoms with van der Waals surface area (Å²) in [5.74, 6) is -0.0245. The summed E-state index contributed by atoms with van der Waals surface area (Å²) < 4.78 is 6.00. The van der Waals surface area contributed by atoms with Gasteiger partial charge in [-0.05, 0) is 45.6 Å². The number of nitrogens with two attached hydrogens (primary N) is 1. The standard InChI is InChI=1S/C16H14BrNO2/c17-15-13(6-3-7-14(15)18)16(19)20-9-11-8-10-4-1-2-5-12(10)11/h1-7,11H,8-9,18H2. The summed E-state index contributed by atoms with van der Waals surface area (Å²) in [6.45, 7) is 0.414. The Kier molecular flexibility index (Phi) is 3.49. The Hall–Kier alpha value is -1.81. The summed E-state index contributed by atoms with van der Waals surface area (Å²) in [6.07, 6.45) is 0.974. The van der Waals surface area contributed by atoms with Gasteiger partial charge in [0.2, 0.25) is 0 Å². The number of benzene rings is 2. The maximum absolute atomic E-state index is 12.1. The minimum Gasteiger partial charge on any atom is -0.461 e. The van der Waals surface area contributed by atoms with E-state index in [0.29, 0.717) is 28.2 Å². The first-order chi connectivity index (χ1) is 9.66. The van der Waals surface area contributed by atoms with Gasteiger partial charge in [0.05, 0.1) is 16.6 Å². The van der Waals surface area contributed by atoms with Crippen LogP contribution in [0.3, 0.4) is 0 Å². The molecule has 1 atom stereocenters. The van der Waals surface area contributed by atoms with E-state index in [-0.39, 0.29) is 5.97 Å². The Morgan fingerprint density at radius 2 is 2.05 bits per heavy atom. The van der Waals surface area contributed by atoms with Gasteiger partial charge in [-0.3, -0.25) is 0 Å². The van der Waals surface area contributed by atoms with Crippen molar-refractivity contribution in [2.45, 2.75) is 12.3 Å². The van der Waals surface area contributed by atoms with Gasteiger partial charge < -0.3 is 10.5 Å². The second-order valence-electron chi connectivity index (χ2n) is 4.91. The van der Waals surface area contributed by atoms with Crippen molar-refractivity contribution in [1.29, 1.82) is 0 Å². The van der Waals surface area contributed by atoms with Crippen molar-refractivity contribution >= 4 is 27.6 Å². The molecule has 0 saturated heterocycles. The number of carbonyl (C=O) groups is 1. The molecule has 0 spiro atoms. The molecule has 1 aliphatic rings. The highest BCUT2D eigenvalue weighted by Gasteiger charge is 2.27. The number of hydrogen-bond acceptors (Lipinski definition) is 3. The summed E-state index contributed by atoms with van der Waals surface area (Å²) in [5.41, 5.74) is 9.40. The molecule has 20 heavy (non-hydrogen) atoms. The third-order valence-electron chi connectivity index (χ3n) is 3.63. The summed E-state index contributed by atoms with van der Waals surface area (Å²) in [7, 11) is 0. The molecular weight excluding hydrogens is 318 g/mol. The van der Waals surface area contributed by atoms with Crippen molar-refractivity contribution in [2.75, 3.05) is 12.3 Å². The van der Waals surface area contributed by atoms with Crippen LogP contribution in [0.25, 0.3) is 0 Å². The van der Waals surface area contributed by atoms with E-state index in [9.17, 15) is 4.79 Å². The number of hydrogen-bond donors (Lipinski definition) is 1. The van der Waals surface area contributed by atoms with Crippen LogP contribution in [0.1, 0.15) is 27.4 Å². The van der Waals surface area contributed by atoms with Crippen LogP contribution < -0.4 is 5.73 Å². The fourth-order valence-corrected chi connectivity index (χ4v) is 2.90. The van der Waals surface area contributed by atoms with Crippen LogP contribution >= 0.6 is 15.9 Å². The van der Waals surface area contributed by atoms with Gasteiger partial charge in [-0.25, -0.2) is 4.79 Å². The second-order valence-corrected chi connectivity index (χ2v) is 5.70. The number of halogens is 1. The van der Waals surface area contributed by atoms with Gasteiger partial charge in [-0.2, -0.15) is 0 Å². The average molecular weight is 332 g/mol. The number of carbonyl (C=O) groups excluding carboxylic acids is 1. The molecular formula is C16H14BrNO2. The van der Waals surface area contributed by atoms with Crippen LogP contribution in [0, 0.1) is 0 Å². The lowest BCUT2D eigenvalue weighted by molar-refractivity contribution is 0.0468. The zero-order valence-corrected chi connectivity index (χ0v) is 12.4. The minimum atomic E-state index is -0.339. The number of nitrogen functional groups attached to an aromatic ring is 1. The van der Waals surface area contributed by atoms with Gasteiger partial charge in [-0.1, -0.05) is 30.3 Å². The van der Waals surface area contributed by atoms with Crippen LogP contribution in [0.4, 0.5) is 5.69 Å². The highest BCUT2D eigenvalue weighted by molar-refractivity contribution is 9.10. The molecule has 3 nitrogen and oxygen atoms in total. The molecule has 0 bridgehead atoms. The molecule has 102 valence electrons. The zero-order valence-electron chi connectivity index (χ0n) is 10.8. The van der Waals surface area contributed by atoms with Gasteiger partial charge >= 0.3 is 5.97 Å². The van der Waals surface area contributed by atoms with Crippen molar-refractivity contribution in [2.24, 2.45) is 0 Å². The topological polar surface area (TPSA) is 52.3 Å². The van der Waals surface area contributed by atoms with Crippen LogP contribution in [0.2, 0.25) is 0 Å². The lowest BCUT2D eigenvalue weighted by Gasteiger charge is -2.29. The van der Waals surface area contributed by atoms with Gasteiger partial charge in [0.15, 0.2) is 0 Å². The van der Waals surface area contributed by atoms with E-state index < -0.39 is 0 Å². The summed E-state index contributed by atoms with van der Waals surface area (Å²) in [5, 5.41) is 0. The zero-order chi connectivity index (χ0) is 14.1. The molecule has 2 aromatic carbocycles. The Morgan fingerprint density at radius 3 is 2.85 bits per heavy atom. The normalized spacial score (nSPS) is 16.1. The van der Waals surface area contributed by atoms with E-state index in [1.54, 1.807) is 18.2 Å². The van der Waals surface area contributed by atoms with E-state index in [4.69, 9.17) is 10.5 Å². The third-order valence-corrected chi connectivity index (χ3v) is 4.51. The first-order valence-corrected chi connectivity index (χ1v) is 7.25. The largest absolute Gasteiger partial charge is 0.461 e. The maximum atomic E-state index is 12.1. The monoisotopic (exact) mass is 331 g/mol. The highest BCUT2D eigenvalue weighted by atomic mass is 79.9. The number of rotatable bonds is 3. The predicted molar refractivity (Wildman–Crippen MR) is 81.7 cm³/mol. The Bertz CT molecular complexity index is 669. The van der Waals surface area contributed by atoms with E-state index in [0.717, 1.165) is 6.42 Å². The number of fused-ring (bicyclic) bond motifs is 1. The van der Waals surface area contributed by atoms with E-state index >= 15 is 0 Å². The Labute approximate surface area is 125 Å². The molecule has 3 rings (SSSR count). The molecule has 0 aliphatic heterocycles. The number of anilines is 1. The Morgan fingerprint density at radius 1 is 1.25 bits per heavy atom. The number of esters is 1. The average Bonchev–Trinajstić information content (AvgIpc) is 2.42. The lowest BCUT2D eigenvalue weighted by Crippen LogP contribution is -2.23. The first-order valence-electron chi connectivity index (χ1n) is 6.45. The van der Waals surface area contributed by atoms with Crippen molar-refractivity contribution in [1.82, 2.24) is 0 Å². The van der Waals surface area contributed by atoms with Crippen LogP contribution in [-0.2, 0) is 11.2 Å². The van der Waals surface area contributed by atoms with Gasteiger partial charge in [0.1, 0.15) is 0 Å². The van der Waals surface area contributed by atoms with Gasteiger partial charge in [0, 0.05) is 11.6 Å². The molecule has 0 amide bonds. The molecule has 0 heterocycles. The molecule has 0 fully saturated rings. The highest BCUT2D eigenvalue weighted by Crippen LogP contribution is 2.35. The van der Waals surface area contributed by atoms with E-state index in [2.05, 4.69) is 28.1 Å². The first kappa shape index (κ1) is 13.2. The predicted octanol–water partition coefficient (Wildman–Crippen LogP) is 3.53. The smallest absolute Gasteiger partial charge is 0.339 e. The van der Waals surface area contributed by atoms with Crippen molar-refractivity contribution in [3.8, 4) is 0 Å². The van der Waals surface area contributed by atoms with Crippen molar-refractivity contribution < 1.29 is 9.53 Å². The lowest BCUT2D eigenvalue weighted by atomic mass is 9.78. The van der Waals surface area contributed by atoms with Crippen LogP contribution in [-0.4, -0.2) is 12.6 Å². The maximum Gasteiger partial charge on any atom is 0.339 e. The molecule has 0 aromatic heterocycles. The molecule has 0 saturated carbocycles. The van der Waals surface area contributed by atoms with E-state index in [1.807, 2.05) is 12.1 Å². The molecule has 4 heteroatoms. The van der Waals surface area contributed by atoms with Crippen molar-refractivity contribution in [3.63, 3.8) is 0 Å². The number of ether oxygens (including phenoxy) is 1. The minimum absolute atomic E-state index is 0.315. The van der Waals surface area contributed by atoms with E-state index in [1.165, 1.54) is 11.1 Å². The van der Waals surface area contributed by atoms with Gasteiger partial charge in [0.25, 0.3) is 0 Å². The fourth-order valence-electron chi connectivity index (χ4n) is 2.47. The van der Waals surface area contributed by atoms with Gasteiger partial charge in [-0.15, -0.1) is 0 Å². The fraction of sp³-hybridized carbons (Fsp3) is 0.188. The third kappa shape index (κ3) is 2.31. The van der Waals surface area contributed by atoms with Crippen molar-refractivity contribution in [3.05, 3.63) is 63.6 Å². The summed E-state index contributed by atoms with van der Waals surface area (Å²) in [4.78, 5) is 12.1. The molecule has 1 aliphatic carbocycles. The summed E-state index contributed by atoms with van der Waals surface area (Å²) in [6, 6.07) is 13.4. The molecule has 0 radical (unpaired) electrons. The summed E-state index contributed by atoms with van der Waals surface area (Å²) >= 11 is 3.32. The molecule has 1 unspecified atom stereocenters. The van der Waals surface area contributed by atoms with Crippen LogP contribution in [0.5, 0.6) is 0 Å². The molecule has 2 aromatic rings. The second kappa shape index (κ2) is 5.29.